The summed E-state index contributed by atoms with van der Waals surface area (Å²) in [6.07, 6.45) is 0. The quantitative estimate of drug-likeness (QED) is 0.270. The van der Waals surface area contributed by atoms with E-state index in [0.717, 1.165) is 30.3 Å². The maximum absolute atomic E-state index is 12.5. The van der Waals surface area contributed by atoms with Crippen molar-refractivity contribution >= 4 is 23.3 Å². The van der Waals surface area contributed by atoms with Gasteiger partial charge in [0.15, 0.2) is 11.5 Å². The SMILES string of the molecule is O=C(Oc1ccc(O)cc1OC(=O)c1ccccc1[N+](=O)[O-])c1ccccc1[N+](=O)[O-]. The van der Waals surface area contributed by atoms with Crippen LogP contribution in [0.15, 0.2) is 66.7 Å². The molecule has 0 aromatic heterocycles. The second kappa shape index (κ2) is 8.69. The Morgan fingerprint density at radius 3 is 1.65 bits per heavy atom. The van der Waals surface area contributed by atoms with Crippen molar-refractivity contribution in [1.82, 2.24) is 0 Å². The van der Waals surface area contributed by atoms with E-state index in [9.17, 15) is 34.9 Å². The minimum absolute atomic E-state index is 0.340. The number of aromatic hydroxyl groups is 1. The predicted octanol–water partition coefficient (Wildman–Crippen LogP) is 3.65. The molecule has 11 nitrogen and oxygen atoms in total. The zero-order valence-corrected chi connectivity index (χ0v) is 15.5. The van der Waals surface area contributed by atoms with Crippen molar-refractivity contribution in [3.8, 4) is 17.2 Å². The molecule has 0 atom stereocenters. The van der Waals surface area contributed by atoms with Crippen molar-refractivity contribution in [2.24, 2.45) is 0 Å². The average Bonchev–Trinajstić information content (AvgIpc) is 2.75. The van der Waals surface area contributed by atoms with Gasteiger partial charge < -0.3 is 14.6 Å². The molecule has 0 aliphatic heterocycles. The first-order valence-corrected chi connectivity index (χ1v) is 8.52. The summed E-state index contributed by atoms with van der Waals surface area (Å²) in [4.78, 5) is 45.6. The number of carbonyl (C=O) groups excluding carboxylic acids is 2. The number of hydrogen-bond donors (Lipinski definition) is 1. The van der Waals surface area contributed by atoms with Crippen LogP contribution in [-0.4, -0.2) is 26.9 Å². The molecule has 3 aromatic carbocycles. The van der Waals surface area contributed by atoms with Crippen molar-refractivity contribution in [3.05, 3.63) is 98.1 Å². The van der Waals surface area contributed by atoms with E-state index in [0.29, 0.717) is 0 Å². The van der Waals surface area contributed by atoms with Gasteiger partial charge in [-0.05, 0) is 24.3 Å². The van der Waals surface area contributed by atoms with Gasteiger partial charge in [0.05, 0.1) is 9.85 Å². The number of nitro groups is 2. The van der Waals surface area contributed by atoms with E-state index in [2.05, 4.69) is 0 Å². The van der Waals surface area contributed by atoms with Gasteiger partial charge in [-0.2, -0.15) is 0 Å². The second-order valence-corrected chi connectivity index (χ2v) is 5.96. The number of phenolic OH excluding ortho intramolecular Hbond substituents is 1. The zero-order valence-electron chi connectivity index (χ0n) is 15.5. The molecule has 0 saturated carbocycles. The summed E-state index contributed by atoms with van der Waals surface area (Å²) in [6.45, 7) is 0. The number of carbonyl (C=O) groups is 2. The Bertz CT molecular complexity index is 1210. The minimum atomic E-state index is -1.14. The molecule has 0 spiro atoms. The number of nitrogens with zero attached hydrogens (tertiary/aromatic N) is 2. The van der Waals surface area contributed by atoms with E-state index in [4.69, 9.17) is 9.47 Å². The van der Waals surface area contributed by atoms with Gasteiger partial charge in [-0.15, -0.1) is 0 Å². The number of hydrogen-bond acceptors (Lipinski definition) is 9. The molecule has 3 aromatic rings. The number of rotatable bonds is 6. The van der Waals surface area contributed by atoms with Crippen LogP contribution in [0.2, 0.25) is 0 Å². The van der Waals surface area contributed by atoms with Crippen molar-refractivity contribution in [2.45, 2.75) is 0 Å². The Labute approximate surface area is 173 Å². The molecule has 0 aliphatic carbocycles. The lowest BCUT2D eigenvalue weighted by atomic mass is 10.2. The summed E-state index contributed by atoms with van der Waals surface area (Å²) >= 11 is 0. The highest BCUT2D eigenvalue weighted by Gasteiger charge is 2.25. The number of para-hydroxylation sites is 2. The Morgan fingerprint density at radius 1 is 0.710 bits per heavy atom. The molecule has 0 fully saturated rings. The van der Waals surface area contributed by atoms with E-state index in [1.807, 2.05) is 0 Å². The highest BCUT2D eigenvalue weighted by molar-refractivity contribution is 5.97. The maximum Gasteiger partial charge on any atom is 0.350 e. The summed E-state index contributed by atoms with van der Waals surface area (Å²) in [5.41, 5.74) is -1.72. The average molecular weight is 424 g/mol. The van der Waals surface area contributed by atoms with Crippen LogP contribution in [0.1, 0.15) is 20.7 Å². The predicted molar refractivity (Wildman–Crippen MR) is 104 cm³/mol. The largest absolute Gasteiger partial charge is 0.508 e. The number of ether oxygens (including phenoxy) is 2. The van der Waals surface area contributed by atoms with Gasteiger partial charge >= 0.3 is 11.9 Å². The van der Waals surface area contributed by atoms with Crippen LogP contribution in [0.25, 0.3) is 0 Å². The smallest absolute Gasteiger partial charge is 0.350 e. The number of benzene rings is 3. The molecular weight excluding hydrogens is 412 g/mol. The van der Waals surface area contributed by atoms with Crippen LogP contribution in [0.4, 0.5) is 11.4 Å². The molecule has 1 N–H and O–H groups in total. The fraction of sp³-hybridized carbons (Fsp3) is 0. The van der Waals surface area contributed by atoms with Gasteiger partial charge in [0.2, 0.25) is 0 Å². The third-order valence-corrected chi connectivity index (χ3v) is 3.97. The summed E-state index contributed by atoms with van der Waals surface area (Å²) in [5, 5.41) is 31.9. The van der Waals surface area contributed by atoms with E-state index in [1.54, 1.807) is 0 Å². The van der Waals surface area contributed by atoms with Crippen LogP contribution in [-0.2, 0) is 0 Å². The molecule has 0 radical (unpaired) electrons. The van der Waals surface area contributed by atoms with Crippen LogP contribution < -0.4 is 9.47 Å². The fourth-order valence-electron chi connectivity index (χ4n) is 2.58. The van der Waals surface area contributed by atoms with Gasteiger partial charge in [0, 0.05) is 18.2 Å². The molecule has 0 aliphatic rings. The zero-order chi connectivity index (χ0) is 22.5. The monoisotopic (exact) mass is 424 g/mol. The van der Waals surface area contributed by atoms with Gasteiger partial charge in [0.1, 0.15) is 16.9 Å². The molecule has 3 rings (SSSR count). The Morgan fingerprint density at radius 2 is 1.16 bits per heavy atom. The molecule has 31 heavy (non-hydrogen) atoms. The van der Waals surface area contributed by atoms with Gasteiger partial charge in [-0.1, -0.05) is 24.3 Å². The lowest BCUT2D eigenvalue weighted by molar-refractivity contribution is -0.385. The Balaban J connectivity index is 1.92. The summed E-state index contributed by atoms with van der Waals surface area (Å²) in [5.74, 6) is -3.36. The maximum atomic E-state index is 12.5. The van der Waals surface area contributed by atoms with Crippen LogP contribution in [0, 0.1) is 20.2 Å². The van der Waals surface area contributed by atoms with Crippen molar-refractivity contribution in [3.63, 3.8) is 0 Å². The number of nitro benzene ring substituents is 2. The highest BCUT2D eigenvalue weighted by atomic mass is 16.6. The van der Waals surface area contributed by atoms with Crippen molar-refractivity contribution in [2.75, 3.05) is 0 Å². The summed E-state index contributed by atoms with van der Waals surface area (Å²) in [7, 11) is 0. The third-order valence-electron chi connectivity index (χ3n) is 3.97. The number of esters is 2. The second-order valence-electron chi connectivity index (χ2n) is 5.96. The van der Waals surface area contributed by atoms with Crippen molar-refractivity contribution < 1.29 is 34.0 Å². The lowest BCUT2D eigenvalue weighted by Gasteiger charge is -2.11. The van der Waals surface area contributed by atoms with Crippen LogP contribution in [0.5, 0.6) is 17.2 Å². The van der Waals surface area contributed by atoms with Gasteiger partial charge in [-0.3, -0.25) is 20.2 Å². The van der Waals surface area contributed by atoms with E-state index < -0.39 is 38.9 Å². The van der Waals surface area contributed by atoms with E-state index >= 15 is 0 Å². The van der Waals surface area contributed by atoms with Crippen molar-refractivity contribution in [1.29, 1.82) is 0 Å². The summed E-state index contributed by atoms with van der Waals surface area (Å²) < 4.78 is 10.2. The standard InChI is InChI=1S/C20H12N2O9/c23-12-9-10-17(30-19(24)13-5-1-3-7-15(13)21(26)27)18(11-12)31-20(25)14-6-2-4-8-16(14)22(28)29/h1-11,23H. The van der Waals surface area contributed by atoms with Gasteiger partial charge in [-0.25, -0.2) is 9.59 Å². The van der Waals surface area contributed by atoms with E-state index in [-0.39, 0.29) is 22.6 Å². The molecule has 0 amide bonds. The third kappa shape index (κ3) is 4.62. The van der Waals surface area contributed by atoms with Crippen LogP contribution >= 0.6 is 0 Å². The molecule has 0 unspecified atom stereocenters. The Kier molecular flexibility index (Phi) is 5.87. The van der Waals surface area contributed by atoms with Gasteiger partial charge in [0.25, 0.3) is 11.4 Å². The first-order chi connectivity index (χ1) is 14.8. The summed E-state index contributed by atoms with van der Waals surface area (Å²) in [6, 6.07) is 13.3. The first kappa shape index (κ1) is 20.9. The van der Waals surface area contributed by atoms with E-state index in [1.165, 1.54) is 36.4 Å². The molecule has 0 bridgehead atoms. The normalized spacial score (nSPS) is 10.2. The molecule has 11 heteroatoms. The molecular formula is C20H12N2O9. The van der Waals surface area contributed by atoms with Crippen LogP contribution in [0.3, 0.4) is 0 Å². The topological polar surface area (TPSA) is 159 Å². The molecule has 0 saturated heterocycles. The first-order valence-electron chi connectivity index (χ1n) is 8.52. The molecule has 0 heterocycles. The molecule has 156 valence electrons. The lowest BCUT2D eigenvalue weighted by Crippen LogP contribution is -2.14. The minimum Gasteiger partial charge on any atom is -0.508 e. The fourth-order valence-corrected chi connectivity index (χ4v) is 2.58. The highest BCUT2D eigenvalue weighted by Crippen LogP contribution is 2.33. The Hall–Kier alpha value is -4.80. The number of phenols is 1.